The van der Waals surface area contributed by atoms with Crippen molar-refractivity contribution in [2.45, 2.75) is 41.0 Å². The predicted octanol–water partition coefficient (Wildman–Crippen LogP) is 5.31. The Hall–Kier alpha value is -1.83. The second-order valence-electron chi connectivity index (χ2n) is 7.56. The minimum absolute atomic E-state index is 0.471. The van der Waals surface area contributed by atoms with E-state index in [0.717, 1.165) is 23.0 Å². The second kappa shape index (κ2) is 6.74. The number of hydrogen-bond acceptors (Lipinski definition) is 1. The number of hydrogen-bond donors (Lipinski definition) is 1. The lowest BCUT2D eigenvalue weighted by molar-refractivity contribution is -0.131. The zero-order valence-electron chi connectivity index (χ0n) is 14.8. The van der Waals surface area contributed by atoms with Gasteiger partial charge in [0.15, 0.2) is 0 Å². The summed E-state index contributed by atoms with van der Waals surface area (Å²) < 4.78 is 0. The third-order valence-electron chi connectivity index (χ3n) is 5.55. The van der Waals surface area contributed by atoms with Gasteiger partial charge in [0.2, 0.25) is 0 Å². The molecule has 3 rings (SSSR count). The molecular weight excluding hydrogens is 284 g/mol. The largest absolute Gasteiger partial charge is 0.478 e. The number of carboxylic acid groups (broad SMARTS) is 1. The Labute approximate surface area is 140 Å². The van der Waals surface area contributed by atoms with Gasteiger partial charge in [-0.2, -0.15) is 0 Å². The molecule has 3 aliphatic carbocycles. The zero-order valence-corrected chi connectivity index (χ0v) is 14.8. The highest BCUT2D eigenvalue weighted by Crippen LogP contribution is 2.60. The van der Waals surface area contributed by atoms with Crippen molar-refractivity contribution in [3.8, 4) is 0 Å². The van der Waals surface area contributed by atoms with Crippen molar-refractivity contribution in [1.82, 2.24) is 0 Å². The molecule has 2 nitrogen and oxygen atoms in total. The Morgan fingerprint density at radius 2 is 1.96 bits per heavy atom. The topological polar surface area (TPSA) is 37.3 Å². The van der Waals surface area contributed by atoms with Gasteiger partial charge in [-0.15, -0.1) is 0 Å². The lowest BCUT2D eigenvalue weighted by Crippen LogP contribution is -2.50. The van der Waals surface area contributed by atoms with Crippen molar-refractivity contribution >= 4 is 5.97 Å². The maximum atomic E-state index is 10.5. The molecule has 1 fully saturated rings. The summed E-state index contributed by atoms with van der Waals surface area (Å²) in [7, 11) is 0. The van der Waals surface area contributed by atoms with Gasteiger partial charge in [-0.25, -0.2) is 4.79 Å². The van der Waals surface area contributed by atoms with E-state index in [1.165, 1.54) is 18.1 Å². The number of carboxylic acids is 1. The summed E-state index contributed by atoms with van der Waals surface area (Å²) >= 11 is 0. The quantitative estimate of drug-likeness (QED) is 0.551. The molecule has 2 heteroatoms. The Morgan fingerprint density at radius 3 is 2.52 bits per heavy atom. The van der Waals surface area contributed by atoms with Gasteiger partial charge in [0, 0.05) is 6.08 Å². The number of carbonyl (C=O) groups is 1. The summed E-state index contributed by atoms with van der Waals surface area (Å²) in [6.07, 6.45) is 15.1. The summed E-state index contributed by atoms with van der Waals surface area (Å²) in [5.74, 6) is 1.27. The van der Waals surface area contributed by atoms with Crippen LogP contribution in [0.1, 0.15) is 41.0 Å². The molecule has 1 N–H and O–H groups in total. The first-order valence-electron chi connectivity index (χ1n) is 8.37. The van der Waals surface area contributed by atoms with Gasteiger partial charge >= 0.3 is 5.97 Å². The van der Waals surface area contributed by atoms with E-state index in [4.69, 9.17) is 5.11 Å². The van der Waals surface area contributed by atoms with Crippen LogP contribution >= 0.6 is 0 Å². The molecule has 0 aliphatic heterocycles. The average molecular weight is 312 g/mol. The van der Waals surface area contributed by atoms with E-state index in [-0.39, 0.29) is 0 Å². The Balaban J connectivity index is 1.99. The van der Waals surface area contributed by atoms with Crippen LogP contribution in [-0.2, 0) is 4.79 Å². The maximum Gasteiger partial charge on any atom is 0.328 e. The molecule has 2 bridgehead atoms. The molecule has 0 saturated heterocycles. The van der Waals surface area contributed by atoms with Gasteiger partial charge in [-0.1, -0.05) is 62.8 Å². The van der Waals surface area contributed by atoms with Crippen molar-refractivity contribution in [3.63, 3.8) is 0 Å². The van der Waals surface area contributed by atoms with E-state index in [1.54, 1.807) is 6.92 Å². The Kier molecular flexibility index (Phi) is 5.13. The first kappa shape index (κ1) is 17.5. The highest BCUT2D eigenvalue weighted by molar-refractivity contribution is 5.81. The highest BCUT2D eigenvalue weighted by atomic mass is 16.4. The molecule has 0 aromatic heterocycles. The molecule has 1 saturated carbocycles. The minimum atomic E-state index is -0.910. The molecule has 0 amide bonds. The van der Waals surface area contributed by atoms with Gasteiger partial charge in [0.1, 0.15) is 0 Å². The smallest absolute Gasteiger partial charge is 0.328 e. The molecule has 124 valence electrons. The van der Waals surface area contributed by atoms with E-state index in [1.807, 2.05) is 18.2 Å². The molecule has 0 unspecified atom stereocenters. The number of fused-ring (bicyclic) bond motifs is 1. The molecule has 0 spiro atoms. The third-order valence-corrected chi connectivity index (χ3v) is 5.55. The van der Waals surface area contributed by atoms with Crippen LogP contribution in [0, 0.1) is 23.2 Å². The van der Waals surface area contributed by atoms with Gasteiger partial charge in [-0.05, 0) is 54.6 Å². The molecule has 23 heavy (non-hydrogen) atoms. The monoisotopic (exact) mass is 312 g/mol. The van der Waals surface area contributed by atoms with E-state index >= 15 is 0 Å². The van der Waals surface area contributed by atoms with Gasteiger partial charge in [0.05, 0.1) is 0 Å². The fourth-order valence-electron chi connectivity index (χ4n) is 3.83. The van der Waals surface area contributed by atoms with Crippen molar-refractivity contribution < 1.29 is 9.90 Å². The van der Waals surface area contributed by atoms with Crippen molar-refractivity contribution in [2.75, 3.05) is 0 Å². The van der Waals surface area contributed by atoms with Gasteiger partial charge in [-0.3, -0.25) is 0 Å². The summed E-state index contributed by atoms with van der Waals surface area (Å²) in [6.45, 7) is 11.0. The van der Waals surface area contributed by atoms with Crippen molar-refractivity contribution in [2.24, 2.45) is 23.2 Å². The summed E-state index contributed by atoms with van der Waals surface area (Å²) in [6, 6.07) is 0. The van der Waals surface area contributed by atoms with Gasteiger partial charge < -0.3 is 5.11 Å². The fourth-order valence-corrected chi connectivity index (χ4v) is 3.83. The third kappa shape index (κ3) is 3.93. The van der Waals surface area contributed by atoms with Crippen molar-refractivity contribution in [3.05, 3.63) is 59.3 Å². The SMILES string of the molecule is CC(=C/C=C/C(C)=C/C(=O)O)/C=C/C1=C[C@H]2C[C@@H]([C@@H]1C)C2(C)C. The van der Waals surface area contributed by atoms with Gasteiger partial charge in [0.25, 0.3) is 0 Å². The van der Waals surface area contributed by atoms with Crippen LogP contribution in [0.2, 0.25) is 0 Å². The molecule has 0 aromatic rings. The van der Waals surface area contributed by atoms with Crippen LogP contribution in [0.25, 0.3) is 0 Å². The van der Waals surface area contributed by atoms with Crippen molar-refractivity contribution in [1.29, 1.82) is 0 Å². The van der Waals surface area contributed by atoms with E-state index in [9.17, 15) is 4.79 Å². The first-order valence-corrected chi connectivity index (χ1v) is 8.37. The molecule has 0 radical (unpaired) electrons. The summed E-state index contributed by atoms with van der Waals surface area (Å²) in [5, 5.41) is 8.66. The van der Waals surface area contributed by atoms with E-state index in [2.05, 4.69) is 45.9 Å². The van der Waals surface area contributed by atoms with Crippen LogP contribution in [0.15, 0.2) is 59.3 Å². The minimum Gasteiger partial charge on any atom is -0.478 e. The number of rotatable bonds is 5. The zero-order chi connectivity index (χ0) is 17.2. The van der Waals surface area contributed by atoms with E-state index < -0.39 is 5.97 Å². The summed E-state index contributed by atoms with van der Waals surface area (Å²) in [4.78, 5) is 10.5. The normalized spacial score (nSPS) is 30.5. The molecule has 0 aromatic carbocycles. The number of aliphatic carboxylic acids is 1. The predicted molar refractivity (Wildman–Crippen MR) is 96.1 cm³/mol. The average Bonchev–Trinajstić information content (AvgIpc) is 2.44. The number of allylic oxidation sites excluding steroid dienone is 9. The first-order chi connectivity index (χ1) is 10.7. The maximum absolute atomic E-state index is 10.5. The van der Waals surface area contributed by atoms with Crippen LogP contribution in [-0.4, -0.2) is 11.1 Å². The van der Waals surface area contributed by atoms with Crippen LogP contribution < -0.4 is 0 Å². The standard InChI is InChI=1S/C21H28O2/c1-14(7-6-8-15(2)11-20(22)23)9-10-17-12-18-13-19(16(17)3)21(18,4)5/h6-12,16,18-19H,13H2,1-5H3,(H,22,23)/b8-6+,10-9+,14-7-,15-11+/t16-,18+,19+/m1/s1. The molecular formula is C21H28O2. The van der Waals surface area contributed by atoms with Crippen LogP contribution in [0.4, 0.5) is 0 Å². The lowest BCUT2D eigenvalue weighted by atomic mass is 9.47. The molecule has 0 heterocycles. The van der Waals surface area contributed by atoms with Crippen LogP contribution in [0.5, 0.6) is 0 Å². The Bertz CT molecular complexity index is 626. The molecule has 3 atom stereocenters. The van der Waals surface area contributed by atoms with E-state index in [0.29, 0.717) is 11.3 Å². The molecule has 3 aliphatic rings. The van der Waals surface area contributed by atoms with Crippen LogP contribution in [0.3, 0.4) is 0 Å². The second-order valence-corrected chi connectivity index (χ2v) is 7.56. The lowest BCUT2D eigenvalue weighted by Gasteiger charge is -2.58. The summed E-state index contributed by atoms with van der Waals surface area (Å²) in [5.41, 5.74) is 3.83. The highest BCUT2D eigenvalue weighted by Gasteiger charge is 2.52. The fraction of sp³-hybridized carbons (Fsp3) is 0.476. The Morgan fingerprint density at radius 1 is 1.26 bits per heavy atom.